The number of benzene rings is 1. The van der Waals surface area contributed by atoms with Crippen molar-refractivity contribution in [3.8, 4) is 0 Å². The van der Waals surface area contributed by atoms with Gasteiger partial charge in [0.25, 0.3) is 5.91 Å². The molecule has 2 heterocycles. The molecule has 0 bridgehead atoms. The molecule has 3 aliphatic rings. The summed E-state index contributed by atoms with van der Waals surface area (Å²) in [5.41, 5.74) is 1.46. The molecule has 8 heteroatoms. The van der Waals surface area contributed by atoms with E-state index in [0.717, 1.165) is 18.9 Å². The van der Waals surface area contributed by atoms with Crippen LogP contribution in [0.25, 0.3) is 0 Å². The van der Waals surface area contributed by atoms with Crippen LogP contribution in [0.4, 0.5) is 5.69 Å². The molecule has 3 amide bonds. The fourth-order valence-electron chi connectivity index (χ4n) is 4.73. The summed E-state index contributed by atoms with van der Waals surface area (Å²) in [4.78, 5) is 37.9. The Bertz CT molecular complexity index is 821. The smallest absolute Gasteiger partial charge is 0.259 e. The fraction of sp³-hybridized carbons (Fsp3) is 0.591. The van der Waals surface area contributed by atoms with Gasteiger partial charge >= 0.3 is 0 Å². The van der Waals surface area contributed by atoms with E-state index in [1.54, 1.807) is 18.2 Å². The molecule has 8 nitrogen and oxygen atoms in total. The van der Waals surface area contributed by atoms with Crippen LogP contribution in [0.1, 0.15) is 67.1 Å². The molecule has 2 atom stereocenters. The largest absolute Gasteiger partial charge is 0.382 e. The van der Waals surface area contributed by atoms with E-state index < -0.39 is 24.1 Å². The maximum atomic E-state index is 13.1. The van der Waals surface area contributed by atoms with Gasteiger partial charge in [0.1, 0.15) is 6.04 Å². The second-order valence-corrected chi connectivity index (χ2v) is 8.30. The van der Waals surface area contributed by atoms with Gasteiger partial charge in [-0.3, -0.25) is 24.6 Å². The summed E-state index contributed by atoms with van der Waals surface area (Å²) in [5.74, 6) is -0.508. The Morgan fingerprint density at radius 1 is 1.13 bits per heavy atom. The van der Waals surface area contributed by atoms with E-state index in [2.05, 4.69) is 10.6 Å². The molecule has 0 aromatic heterocycles. The lowest BCUT2D eigenvalue weighted by Gasteiger charge is -2.31. The molecule has 1 aromatic carbocycles. The molecule has 3 N–H and O–H groups in total. The maximum absolute atomic E-state index is 13.1. The molecule has 0 spiro atoms. The number of fused-ring (bicyclic) bond motifs is 1. The minimum atomic E-state index is -1.21. The molecule has 2 aliphatic heterocycles. The van der Waals surface area contributed by atoms with Crippen LogP contribution in [-0.2, 0) is 14.3 Å². The number of anilines is 1. The number of hydrogen-bond donors (Lipinski definition) is 3. The second kappa shape index (κ2) is 9.14. The number of aliphatic hydroxyl groups is 1. The lowest BCUT2D eigenvalue weighted by Crippen LogP contribution is -2.53. The van der Waals surface area contributed by atoms with Gasteiger partial charge in [-0.2, -0.15) is 0 Å². The van der Waals surface area contributed by atoms with Crippen molar-refractivity contribution < 1.29 is 24.2 Å². The molecule has 1 saturated heterocycles. The predicted molar refractivity (Wildman–Crippen MR) is 110 cm³/mol. The van der Waals surface area contributed by atoms with Crippen molar-refractivity contribution in [2.75, 3.05) is 25.1 Å². The van der Waals surface area contributed by atoms with Gasteiger partial charge in [0, 0.05) is 30.8 Å². The first-order valence-corrected chi connectivity index (χ1v) is 10.8. The quantitative estimate of drug-likeness (QED) is 0.442. The molecule has 1 aliphatic carbocycles. The summed E-state index contributed by atoms with van der Waals surface area (Å²) < 4.78 is 5.73. The third-order valence-corrected chi connectivity index (χ3v) is 6.34. The molecule has 2 unspecified atom stereocenters. The van der Waals surface area contributed by atoms with Crippen LogP contribution in [0.15, 0.2) is 18.2 Å². The van der Waals surface area contributed by atoms with Crippen molar-refractivity contribution in [2.24, 2.45) is 5.92 Å². The molecular weight excluding hydrogens is 386 g/mol. The van der Waals surface area contributed by atoms with Crippen LogP contribution < -0.4 is 10.6 Å². The van der Waals surface area contributed by atoms with E-state index >= 15 is 0 Å². The number of ether oxygens (including phenoxy) is 1. The van der Waals surface area contributed by atoms with E-state index in [-0.39, 0.29) is 18.7 Å². The van der Waals surface area contributed by atoms with Crippen molar-refractivity contribution in [1.82, 2.24) is 10.2 Å². The Morgan fingerprint density at radius 2 is 1.93 bits per heavy atom. The number of hydrogen-bond acceptors (Lipinski definition) is 6. The Balaban J connectivity index is 1.35. The Kier molecular flexibility index (Phi) is 6.34. The van der Waals surface area contributed by atoms with Crippen LogP contribution in [0.2, 0.25) is 0 Å². The highest BCUT2D eigenvalue weighted by Gasteiger charge is 2.45. The van der Waals surface area contributed by atoms with Gasteiger partial charge in [0.05, 0.1) is 12.2 Å². The standard InChI is InChI=1S/C22H29N3O5/c26-18-9-8-17(20(27)24-18)25-21(28)15-6-3-7-16(19(15)22(25)29)23-11-13-30-12-10-14-4-1-2-5-14/h3,6-7,14,17,21,23,28H,1-2,4-5,8-13H2,(H,24,26,27). The lowest BCUT2D eigenvalue weighted by atomic mass is 10.0. The topological polar surface area (TPSA) is 108 Å². The average Bonchev–Trinajstić information content (AvgIpc) is 3.33. The maximum Gasteiger partial charge on any atom is 0.259 e. The normalized spacial score (nSPS) is 24.3. The molecule has 162 valence electrons. The monoisotopic (exact) mass is 415 g/mol. The summed E-state index contributed by atoms with van der Waals surface area (Å²) in [7, 11) is 0. The SMILES string of the molecule is O=C1CCC(N2C(=O)c3c(NCCOCCC4CCCC4)cccc3C2O)C(=O)N1. The summed E-state index contributed by atoms with van der Waals surface area (Å²) in [6.07, 6.45) is 5.54. The number of amides is 3. The van der Waals surface area contributed by atoms with Gasteiger partial charge in [-0.05, 0) is 24.8 Å². The highest BCUT2D eigenvalue weighted by molar-refractivity contribution is 6.08. The van der Waals surface area contributed by atoms with Gasteiger partial charge in [0.2, 0.25) is 11.8 Å². The summed E-state index contributed by atoms with van der Waals surface area (Å²) in [6, 6.07) is 4.39. The molecule has 30 heavy (non-hydrogen) atoms. The van der Waals surface area contributed by atoms with Gasteiger partial charge < -0.3 is 15.2 Å². The number of rotatable bonds is 8. The first-order chi connectivity index (χ1) is 14.6. The number of nitrogens with zero attached hydrogens (tertiary/aromatic N) is 1. The number of carbonyl (C=O) groups excluding carboxylic acids is 3. The van der Waals surface area contributed by atoms with E-state index in [9.17, 15) is 19.5 Å². The highest BCUT2D eigenvalue weighted by Crippen LogP contribution is 2.38. The van der Waals surface area contributed by atoms with Crippen molar-refractivity contribution in [1.29, 1.82) is 0 Å². The first-order valence-electron chi connectivity index (χ1n) is 10.8. The Hall–Kier alpha value is -2.45. The fourth-order valence-corrected chi connectivity index (χ4v) is 4.73. The van der Waals surface area contributed by atoms with E-state index in [0.29, 0.717) is 30.0 Å². The zero-order valence-electron chi connectivity index (χ0n) is 17.1. The molecule has 1 aromatic rings. The minimum absolute atomic E-state index is 0.145. The van der Waals surface area contributed by atoms with Crippen LogP contribution in [0.3, 0.4) is 0 Å². The van der Waals surface area contributed by atoms with Gasteiger partial charge in [0.15, 0.2) is 6.23 Å². The van der Waals surface area contributed by atoms with Gasteiger partial charge in [-0.1, -0.05) is 37.8 Å². The Morgan fingerprint density at radius 3 is 2.70 bits per heavy atom. The molecular formula is C22H29N3O5. The van der Waals surface area contributed by atoms with Crippen molar-refractivity contribution in [3.05, 3.63) is 29.3 Å². The van der Waals surface area contributed by atoms with Gasteiger partial charge in [-0.15, -0.1) is 0 Å². The molecule has 1 saturated carbocycles. The predicted octanol–water partition coefficient (Wildman–Crippen LogP) is 1.95. The number of aliphatic hydroxyl groups excluding tert-OH is 1. The molecule has 2 fully saturated rings. The van der Waals surface area contributed by atoms with Crippen LogP contribution in [0, 0.1) is 5.92 Å². The van der Waals surface area contributed by atoms with Crippen molar-refractivity contribution >= 4 is 23.4 Å². The van der Waals surface area contributed by atoms with Crippen molar-refractivity contribution in [3.63, 3.8) is 0 Å². The number of carbonyl (C=O) groups is 3. The average molecular weight is 415 g/mol. The van der Waals surface area contributed by atoms with E-state index in [1.807, 2.05) is 0 Å². The van der Waals surface area contributed by atoms with E-state index in [1.165, 1.54) is 30.6 Å². The third-order valence-electron chi connectivity index (χ3n) is 6.34. The lowest BCUT2D eigenvalue weighted by molar-refractivity contribution is -0.139. The Labute approximate surface area is 176 Å². The summed E-state index contributed by atoms with van der Waals surface area (Å²) in [6.45, 7) is 1.83. The number of imide groups is 1. The van der Waals surface area contributed by atoms with Crippen molar-refractivity contribution in [2.45, 2.75) is 57.2 Å². The number of nitrogens with one attached hydrogen (secondary N) is 2. The zero-order chi connectivity index (χ0) is 21.1. The van der Waals surface area contributed by atoms with Crippen LogP contribution >= 0.6 is 0 Å². The summed E-state index contributed by atoms with van der Waals surface area (Å²) >= 11 is 0. The second-order valence-electron chi connectivity index (χ2n) is 8.30. The summed E-state index contributed by atoms with van der Waals surface area (Å²) in [5, 5.41) is 16.2. The number of piperidine rings is 1. The van der Waals surface area contributed by atoms with Crippen LogP contribution in [-0.4, -0.2) is 53.5 Å². The van der Waals surface area contributed by atoms with Gasteiger partial charge in [-0.25, -0.2) is 0 Å². The highest BCUT2D eigenvalue weighted by atomic mass is 16.5. The molecule has 4 rings (SSSR count). The third kappa shape index (κ3) is 4.20. The first kappa shape index (κ1) is 20.8. The van der Waals surface area contributed by atoms with Crippen LogP contribution in [0.5, 0.6) is 0 Å². The zero-order valence-corrected chi connectivity index (χ0v) is 17.1. The minimum Gasteiger partial charge on any atom is -0.382 e. The molecule has 0 radical (unpaired) electrons. The van der Waals surface area contributed by atoms with E-state index in [4.69, 9.17) is 4.74 Å².